The van der Waals surface area contributed by atoms with E-state index in [0.717, 1.165) is 10.5 Å². The molecular formula is C30H29NO6. The van der Waals surface area contributed by atoms with Gasteiger partial charge in [-0.3, -0.25) is 9.59 Å². The van der Waals surface area contributed by atoms with E-state index in [2.05, 4.69) is 0 Å². The summed E-state index contributed by atoms with van der Waals surface area (Å²) in [6, 6.07) is 22.8. The Morgan fingerprint density at radius 3 is 1.70 bits per heavy atom. The van der Waals surface area contributed by atoms with Crippen molar-refractivity contribution in [3.63, 3.8) is 0 Å². The highest BCUT2D eigenvalue weighted by molar-refractivity contribution is 6.18. The molecule has 0 aliphatic carbocycles. The molecule has 0 aromatic heterocycles. The molecule has 3 aromatic carbocycles. The molecule has 0 radical (unpaired) electrons. The zero-order chi connectivity index (χ0) is 26.6. The summed E-state index contributed by atoms with van der Waals surface area (Å²) in [6.07, 6.45) is 0. The fraction of sp³-hybridized carbons (Fsp3) is 0.267. The molecule has 37 heavy (non-hydrogen) atoms. The van der Waals surface area contributed by atoms with Gasteiger partial charge in [-0.25, -0.2) is 9.59 Å². The van der Waals surface area contributed by atoms with Gasteiger partial charge in [0.05, 0.1) is 19.1 Å². The van der Waals surface area contributed by atoms with E-state index in [1.54, 1.807) is 86.6 Å². The Balaban J connectivity index is 1.99. The van der Waals surface area contributed by atoms with Crippen molar-refractivity contribution in [3.05, 3.63) is 107 Å². The lowest BCUT2D eigenvalue weighted by molar-refractivity contribution is -0.189. The van der Waals surface area contributed by atoms with Gasteiger partial charge in [-0.05, 0) is 38.5 Å². The van der Waals surface area contributed by atoms with E-state index in [0.29, 0.717) is 11.1 Å². The van der Waals surface area contributed by atoms with Crippen molar-refractivity contribution < 1.29 is 28.7 Å². The highest BCUT2D eigenvalue weighted by Gasteiger charge is 2.75. The number of hydrogen-bond acceptors (Lipinski definition) is 6. The maximum absolute atomic E-state index is 14.0. The second-order valence-electron chi connectivity index (χ2n) is 8.81. The summed E-state index contributed by atoms with van der Waals surface area (Å²) in [5.41, 5.74) is -0.0729. The van der Waals surface area contributed by atoms with Crippen molar-refractivity contribution in [2.24, 2.45) is 0 Å². The number of aryl methyl sites for hydroxylation is 1. The minimum Gasteiger partial charge on any atom is -0.464 e. The molecule has 0 saturated carbocycles. The Hall–Kier alpha value is -4.26. The Morgan fingerprint density at radius 2 is 1.22 bits per heavy atom. The van der Waals surface area contributed by atoms with E-state index < -0.39 is 35.3 Å². The lowest BCUT2D eigenvalue weighted by Gasteiger charge is -2.59. The quantitative estimate of drug-likeness (QED) is 0.260. The molecule has 0 unspecified atom stereocenters. The Morgan fingerprint density at radius 1 is 0.730 bits per heavy atom. The predicted molar refractivity (Wildman–Crippen MR) is 137 cm³/mol. The number of benzene rings is 3. The Kier molecular flexibility index (Phi) is 7.53. The lowest BCUT2D eigenvalue weighted by atomic mass is 9.62. The van der Waals surface area contributed by atoms with Crippen molar-refractivity contribution in [2.75, 3.05) is 13.2 Å². The van der Waals surface area contributed by atoms with Crippen molar-refractivity contribution in [1.82, 2.24) is 4.90 Å². The fourth-order valence-corrected chi connectivity index (χ4v) is 4.93. The molecule has 0 spiro atoms. The molecule has 7 nitrogen and oxygen atoms in total. The molecule has 1 heterocycles. The molecule has 190 valence electrons. The number of carbonyl (C=O) groups is 4. The normalized spacial score (nSPS) is 17.9. The van der Waals surface area contributed by atoms with Crippen LogP contribution >= 0.6 is 0 Å². The van der Waals surface area contributed by atoms with Crippen LogP contribution in [-0.2, 0) is 19.1 Å². The summed E-state index contributed by atoms with van der Waals surface area (Å²) < 4.78 is 10.8. The first-order valence-electron chi connectivity index (χ1n) is 12.3. The molecular weight excluding hydrogens is 470 g/mol. The number of hydrogen-bond donors (Lipinski definition) is 0. The van der Waals surface area contributed by atoms with Crippen LogP contribution in [0.2, 0.25) is 0 Å². The van der Waals surface area contributed by atoms with Crippen LogP contribution in [0.5, 0.6) is 0 Å². The monoisotopic (exact) mass is 499 g/mol. The maximum atomic E-state index is 14.0. The highest BCUT2D eigenvalue weighted by Crippen LogP contribution is 2.52. The van der Waals surface area contributed by atoms with Crippen LogP contribution in [0.15, 0.2) is 84.9 Å². The van der Waals surface area contributed by atoms with E-state index >= 15 is 0 Å². The minimum absolute atomic E-state index is 0.0225. The van der Waals surface area contributed by atoms with Gasteiger partial charge in [0.15, 0.2) is 5.78 Å². The summed E-state index contributed by atoms with van der Waals surface area (Å²) in [7, 11) is 0. The van der Waals surface area contributed by atoms with E-state index in [1.165, 1.54) is 0 Å². The number of ether oxygens (including phenoxy) is 2. The van der Waals surface area contributed by atoms with E-state index in [1.807, 2.05) is 19.1 Å². The highest BCUT2D eigenvalue weighted by atomic mass is 16.6. The van der Waals surface area contributed by atoms with Gasteiger partial charge in [-0.2, -0.15) is 0 Å². The predicted octanol–water partition coefficient (Wildman–Crippen LogP) is 4.35. The number of likely N-dealkylation sites (tertiary alicyclic amines) is 1. The maximum Gasteiger partial charge on any atom is 0.344 e. The number of nitrogens with zero attached hydrogens (tertiary/aromatic N) is 1. The standard InChI is InChI=1S/C30H29NO6/c1-4-36-28(34)30(29(35)37-5-2)24(21-18-16-20(3)17-19-21)25(26(32)22-12-8-6-9-13-22)31(30)27(33)23-14-10-7-11-15-23/h6-19,24-25H,4-5H2,1-3H3/t24-,25+/m1/s1. The largest absolute Gasteiger partial charge is 0.464 e. The van der Waals surface area contributed by atoms with Gasteiger partial charge in [0.25, 0.3) is 5.91 Å². The fourth-order valence-electron chi connectivity index (χ4n) is 4.93. The summed E-state index contributed by atoms with van der Waals surface area (Å²) in [5.74, 6) is -3.91. The van der Waals surface area contributed by atoms with Crippen LogP contribution in [0.4, 0.5) is 0 Å². The smallest absolute Gasteiger partial charge is 0.344 e. The third kappa shape index (κ3) is 4.42. The lowest BCUT2D eigenvalue weighted by Crippen LogP contribution is -2.82. The summed E-state index contributed by atoms with van der Waals surface area (Å²) in [4.78, 5) is 56.5. The number of Topliss-reactive ketones (excluding diaryl/α,β-unsaturated/α-hetero) is 1. The number of esters is 2. The SMILES string of the molecule is CCOC(=O)C1(C(=O)OCC)[C@H](c2ccc(C)cc2)[C@@H](C(=O)c2ccccc2)N1C(=O)c1ccccc1. The zero-order valence-electron chi connectivity index (χ0n) is 21.0. The van der Waals surface area contributed by atoms with Crippen molar-refractivity contribution in [3.8, 4) is 0 Å². The second kappa shape index (κ2) is 10.8. The first kappa shape index (κ1) is 25.8. The molecule has 2 atom stereocenters. The van der Waals surface area contributed by atoms with Crippen LogP contribution in [0.25, 0.3) is 0 Å². The first-order chi connectivity index (χ1) is 17.9. The van der Waals surface area contributed by atoms with Crippen molar-refractivity contribution in [2.45, 2.75) is 38.3 Å². The molecule has 3 aromatic rings. The van der Waals surface area contributed by atoms with Crippen molar-refractivity contribution >= 4 is 23.6 Å². The summed E-state index contributed by atoms with van der Waals surface area (Å²) in [5, 5.41) is 0. The van der Waals surface area contributed by atoms with Crippen LogP contribution in [-0.4, -0.2) is 53.3 Å². The van der Waals surface area contributed by atoms with Gasteiger partial charge in [0.1, 0.15) is 6.04 Å². The van der Waals surface area contributed by atoms with Crippen LogP contribution in [0.1, 0.15) is 51.6 Å². The molecule has 1 aliphatic heterocycles. The van der Waals surface area contributed by atoms with Gasteiger partial charge in [0.2, 0.25) is 5.54 Å². The third-order valence-electron chi connectivity index (χ3n) is 6.60. The van der Waals surface area contributed by atoms with E-state index in [9.17, 15) is 19.2 Å². The molecule has 0 N–H and O–H groups in total. The average Bonchev–Trinajstić information content (AvgIpc) is 2.90. The topological polar surface area (TPSA) is 90.0 Å². The summed E-state index contributed by atoms with van der Waals surface area (Å²) in [6.45, 7) is 5.10. The minimum atomic E-state index is -2.18. The van der Waals surface area contributed by atoms with Crippen LogP contribution < -0.4 is 0 Å². The van der Waals surface area contributed by atoms with E-state index in [-0.39, 0.29) is 24.6 Å². The average molecular weight is 500 g/mol. The summed E-state index contributed by atoms with van der Waals surface area (Å²) >= 11 is 0. The number of ketones is 1. The van der Waals surface area contributed by atoms with Gasteiger partial charge in [0, 0.05) is 11.1 Å². The Labute approximate surface area is 216 Å². The van der Waals surface area contributed by atoms with E-state index in [4.69, 9.17) is 9.47 Å². The molecule has 7 heteroatoms. The number of amides is 1. The van der Waals surface area contributed by atoms with Gasteiger partial charge in [-0.15, -0.1) is 0 Å². The number of carbonyl (C=O) groups excluding carboxylic acids is 4. The molecule has 1 aliphatic rings. The van der Waals surface area contributed by atoms with Gasteiger partial charge in [-0.1, -0.05) is 78.4 Å². The number of rotatable bonds is 8. The van der Waals surface area contributed by atoms with Crippen LogP contribution in [0.3, 0.4) is 0 Å². The molecule has 1 amide bonds. The first-order valence-corrected chi connectivity index (χ1v) is 12.3. The van der Waals surface area contributed by atoms with Gasteiger partial charge >= 0.3 is 11.9 Å². The molecule has 0 bridgehead atoms. The van der Waals surface area contributed by atoms with Crippen molar-refractivity contribution in [1.29, 1.82) is 0 Å². The van der Waals surface area contributed by atoms with Crippen LogP contribution in [0, 0.1) is 6.92 Å². The zero-order valence-corrected chi connectivity index (χ0v) is 21.0. The Bertz CT molecular complexity index is 1270. The molecule has 1 saturated heterocycles. The second-order valence-corrected chi connectivity index (χ2v) is 8.81. The molecule has 1 fully saturated rings. The van der Waals surface area contributed by atoms with Gasteiger partial charge < -0.3 is 14.4 Å². The third-order valence-corrected chi connectivity index (χ3v) is 6.60. The molecule has 4 rings (SSSR count).